The quantitative estimate of drug-likeness (QED) is 0.806. The summed E-state index contributed by atoms with van der Waals surface area (Å²) in [7, 11) is 1.83. The standard InChI is InChI=1S/C18H18N4O/c1-13-17(15-6-4-3-5-7-15)18(22(2)21-13)20-16(23)12-14-8-10-19-11-9-14/h3-11H,12H2,1-2H3,(H,20,23). The molecular formula is C18H18N4O. The average molecular weight is 306 g/mol. The summed E-state index contributed by atoms with van der Waals surface area (Å²) in [6.07, 6.45) is 3.68. The summed E-state index contributed by atoms with van der Waals surface area (Å²) in [4.78, 5) is 16.3. The highest BCUT2D eigenvalue weighted by molar-refractivity contribution is 5.95. The van der Waals surface area contributed by atoms with E-state index in [1.807, 2.05) is 56.4 Å². The van der Waals surface area contributed by atoms with Gasteiger partial charge in [0.05, 0.1) is 12.1 Å². The fraction of sp³-hybridized carbons (Fsp3) is 0.167. The van der Waals surface area contributed by atoms with Crippen LogP contribution in [0.3, 0.4) is 0 Å². The summed E-state index contributed by atoms with van der Waals surface area (Å²) in [6.45, 7) is 1.95. The molecule has 2 aromatic heterocycles. The molecule has 1 aromatic carbocycles. The van der Waals surface area contributed by atoms with E-state index < -0.39 is 0 Å². The van der Waals surface area contributed by atoms with Crippen molar-refractivity contribution in [1.82, 2.24) is 14.8 Å². The lowest BCUT2D eigenvalue weighted by Crippen LogP contribution is -2.17. The van der Waals surface area contributed by atoms with Gasteiger partial charge in [-0.2, -0.15) is 5.10 Å². The summed E-state index contributed by atoms with van der Waals surface area (Å²) in [5.74, 6) is 0.643. The molecule has 0 fully saturated rings. The Bertz CT molecular complexity index is 810. The van der Waals surface area contributed by atoms with E-state index in [0.29, 0.717) is 12.2 Å². The number of carbonyl (C=O) groups is 1. The highest BCUT2D eigenvalue weighted by Crippen LogP contribution is 2.30. The van der Waals surface area contributed by atoms with E-state index in [9.17, 15) is 4.79 Å². The molecule has 0 saturated carbocycles. The highest BCUT2D eigenvalue weighted by atomic mass is 16.1. The zero-order valence-electron chi connectivity index (χ0n) is 13.2. The van der Waals surface area contributed by atoms with Crippen molar-refractivity contribution in [2.75, 3.05) is 5.32 Å². The van der Waals surface area contributed by atoms with E-state index in [1.165, 1.54) is 0 Å². The second kappa shape index (κ2) is 6.44. The first kappa shape index (κ1) is 15.0. The maximum atomic E-state index is 12.4. The number of pyridine rings is 1. The van der Waals surface area contributed by atoms with Gasteiger partial charge in [0.15, 0.2) is 0 Å². The van der Waals surface area contributed by atoms with Crippen molar-refractivity contribution >= 4 is 11.7 Å². The minimum atomic E-state index is -0.0728. The largest absolute Gasteiger partial charge is 0.310 e. The van der Waals surface area contributed by atoms with Crippen LogP contribution in [0.5, 0.6) is 0 Å². The van der Waals surface area contributed by atoms with Gasteiger partial charge in [0.25, 0.3) is 0 Å². The normalized spacial score (nSPS) is 10.5. The molecule has 0 aliphatic carbocycles. The molecule has 5 heteroatoms. The number of rotatable bonds is 4. The summed E-state index contributed by atoms with van der Waals surface area (Å²) in [5, 5.41) is 7.43. The van der Waals surface area contributed by atoms with E-state index in [4.69, 9.17) is 0 Å². The van der Waals surface area contributed by atoms with Crippen molar-refractivity contribution in [2.45, 2.75) is 13.3 Å². The molecule has 0 unspecified atom stereocenters. The molecule has 3 rings (SSSR count). The third-order valence-electron chi connectivity index (χ3n) is 3.66. The van der Waals surface area contributed by atoms with Crippen LogP contribution in [0.2, 0.25) is 0 Å². The van der Waals surface area contributed by atoms with Crippen LogP contribution in [0.1, 0.15) is 11.3 Å². The maximum Gasteiger partial charge on any atom is 0.229 e. The molecule has 3 aromatic rings. The number of hydrogen-bond acceptors (Lipinski definition) is 3. The van der Waals surface area contributed by atoms with E-state index in [-0.39, 0.29) is 5.91 Å². The fourth-order valence-corrected chi connectivity index (χ4v) is 2.61. The van der Waals surface area contributed by atoms with Gasteiger partial charge in [-0.25, -0.2) is 0 Å². The Labute approximate surface area is 135 Å². The number of nitrogens with one attached hydrogen (secondary N) is 1. The average Bonchev–Trinajstić information content (AvgIpc) is 2.83. The molecule has 0 atom stereocenters. The lowest BCUT2D eigenvalue weighted by atomic mass is 10.1. The molecule has 1 amide bonds. The smallest absolute Gasteiger partial charge is 0.229 e. The molecule has 0 aliphatic rings. The second-order valence-corrected chi connectivity index (χ2v) is 5.38. The zero-order chi connectivity index (χ0) is 16.2. The molecule has 0 aliphatic heterocycles. The molecule has 5 nitrogen and oxygen atoms in total. The molecule has 2 heterocycles. The Balaban J connectivity index is 1.87. The maximum absolute atomic E-state index is 12.4. The molecule has 0 radical (unpaired) electrons. The Morgan fingerprint density at radius 2 is 1.83 bits per heavy atom. The van der Waals surface area contributed by atoms with Crippen LogP contribution < -0.4 is 5.32 Å². The van der Waals surface area contributed by atoms with E-state index in [0.717, 1.165) is 22.4 Å². The number of hydrogen-bond donors (Lipinski definition) is 1. The van der Waals surface area contributed by atoms with Crippen molar-refractivity contribution in [3.8, 4) is 11.1 Å². The monoisotopic (exact) mass is 306 g/mol. The van der Waals surface area contributed by atoms with Crippen molar-refractivity contribution in [1.29, 1.82) is 0 Å². The number of amides is 1. The summed E-state index contributed by atoms with van der Waals surface area (Å²) >= 11 is 0. The van der Waals surface area contributed by atoms with Crippen molar-refractivity contribution in [2.24, 2.45) is 7.05 Å². The first-order chi connectivity index (χ1) is 11.1. The van der Waals surface area contributed by atoms with Gasteiger partial charge in [0.2, 0.25) is 5.91 Å². The molecule has 0 bridgehead atoms. The molecule has 116 valence electrons. The molecule has 23 heavy (non-hydrogen) atoms. The van der Waals surface area contributed by atoms with Gasteiger partial charge in [-0.05, 0) is 30.2 Å². The number of benzene rings is 1. The minimum absolute atomic E-state index is 0.0728. The summed E-state index contributed by atoms with van der Waals surface area (Å²) in [5.41, 5.74) is 3.81. The topological polar surface area (TPSA) is 59.8 Å². The Morgan fingerprint density at radius 1 is 1.13 bits per heavy atom. The SMILES string of the molecule is Cc1nn(C)c(NC(=O)Cc2ccncc2)c1-c1ccccc1. The van der Waals surface area contributed by atoms with Gasteiger partial charge >= 0.3 is 0 Å². The number of nitrogens with zero attached hydrogens (tertiary/aromatic N) is 3. The third kappa shape index (κ3) is 3.29. The van der Waals surface area contributed by atoms with Crippen LogP contribution in [-0.4, -0.2) is 20.7 Å². The fourth-order valence-electron chi connectivity index (χ4n) is 2.61. The van der Waals surface area contributed by atoms with E-state index in [1.54, 1.807) is 17.1 Å². The number of aromatic nitrogens is 3. The van der Waals surface area contributed by atoms with Crippen LogP contribution in [0.4, 0.5) is 5.82 Å². The number of anilines is 1. The third-order valence-corrected chi connectivity index (χ3v) is 3.66. The van der Waals surface area contributed by atoms with Gasteiger partial charge in [-0.1, -0.05) is 30.3 Å². The predicted octanol–water partition coefficient (Wildman–Crippen LogP) is 2.97. The van der Waals surface area contributed by atoms with Crippen molar-refractivity contribution in [3.05, 3.63) is 66.1 Å². The lowest BCUT2D eigenvalue weighted by Gasteiger charge is -2.09. The van der Waals surface area contributed by atoms with Crippen LogP contribution in [0.15, 0.2) is 54.9 Å². The van der Waals surface area contributed by atoms with E-state index in [2.05, 4.69) is 15.4 Å². The summed E-state index contributed by atoms with van der Waals surface area (Å²) < 4.78 is 1.71. The minimum Gasteiger partial charge on any atom is -0.310 e. The van der Waals surface area contributed by atoms with Crippen LogP contribution in [0, 0.1) is 6.92 Å². The predicted molar refractivity (Wildman–Crippen MR) is 90.0 cm³/mol. The van der Waals surface area contributed by atoms with Gasteiger partial charge in [0, 0.05) is 25.0 Å². The van der Waals surface area contributed by atoms with Gasteiger partial charge in [0.1, 0.15) is 5.82 Å². The van der Waals surface area contributed by atoms with Crippen LogP contribution >= 0.6 is 0 Å². The Hall–Kier alpha value is -2.95. The first-order valence-corrected chi connectivity index (χ1v) is 7.43. The van der Waals surface area contributed by atoms with Crippen molar-refractivity contribution in [3.63, 3.8) is 0 Å². The highest BCUT2D eigenvalue weighted by Gasteiger charge is 2.17. The molecule has 0 saturated heterocycles. The summed E-state index contributed by atoms with van der Waals surface area (Å²) in [6, 6.07) is 13.6. The first-order valence-electron chi connectivity index (χ1n) is 7.43. The molecule has 1 N–H and O–H groups in total. The Morgan fingerprint density at radius 3 is 2.52 bits per heavy atom. The van der Waals surface area contributed by atoms with Crippen LogP contribution in [-0.2, 0) is 18.3 Å². The van der Waals surface area contributed by atoms with Crippen molar-refractivity contribution < 1.29 is 4.79 Å². The number of carbonyl (C=O) groups excluding carboxylic acids is 1. The van der Waals surface area contributed by atoms with E-state index >= 15 is 0 Å². The molecule has 0 spiro atoms. The molecular weight excluding hydrogens is 288 g/mol. The second-order valence-electron chi connectivity index (χ2n) is 5.38. The lowest BCUT2D eigenvalue weighted by molar-refractivity contribution is -0.115. The zero-order valence-corrected chi connectivity index (χ0v) is 13.2. The van der Waals surface area contributed by atoms with Crippen LogP contribution in [0.25, 0.3) is 11.1 Å². The van der Waals surface area contributed by atoms with Gasteiger partial charge in [-0.15, -0.1) is 0 Å². The van der Waals surface area contributed by atoms with Gasteiger partial charge < -0.3 is 5.32 Å². The van der Waals surface area contributed by atoms with Gasteiger partial charge in [-0.3, -0.25) is 14.5 Å². The Kier molecular flexibility index (Phi) is 4.19. The number of aryl methyl sites for hydroxylation is 2.